The minimum Gasteiger partial charge on any atom is -0.469 e. The zero-order chi connectivity index (χ0) is 22.0. The third-order valence-corrected chi connectivity index (χ3v) is 7.09. The van der Waals surface area contributed by atoms with E-state index in [9.17, 15) is 13.9 Å². The van der Waals surface area contributed by atoms with Gasteiger partial charge in [0.25, 0.3) is 0 Å². The molecule has 6 heteroatoms. The SMILES string of the molecule is C=C1CCCC(CN2CCN(C)CC2)C(O)(Cc2c(F)cccc2F)C1c1ccco1. The maximum atomic E-state index is 14.7. The minimum atomic E-state index is -1.40. The lowest BCUT2D eigenvalue weighted by Crippen LogP contribution is -2.53. The summed E-state index contributed by atoms with van der Waals surface area (Å²) >= 11 is 0. The molecule has 31 heavy (non-hydrogen) atoms. The van der Waals surface area contributed by atoms with Gasteiger partial charge in [0.15, 0.2) is 0 Å². The molecule has 1 saturated carbocycles. The summed E-state index contributed by atoms with van der Waals surface area (Å²) in [7, 11) is 2.11. The van der Waals surface area contributed by atoms with Crippen molar-refractivity contribution in [3.63, 3.8) is 0 Å². The second kappa shape index (κ2) is 9.23. The van der Waals surface area contributed by atoms with Crippen LogP contribution in [0.15, 0.2) is 53.2 Å². The molecule has 2 fully saturated rings. The van der Waals surface area contributed by atoms with Crippen LogP contribution in [0.4, 0.5) is 8.78 Å². The first-order valence-corrected chi connectivity index (χ1v) is 11.2. The Balaban J connectivity index is 1.73. The highest BCUT2D eigenvalue weighted by Crippen LogP contribution is 2.48. The van der Waals surface area contributed by atoms with Crippen LogP contribution >= 0.6 is 0 Å². The van der Waals surface area contributed by atoms with Gasteiger partial charge in [-0.2, -0.15) is 0 Å². The third-order valence-electron chi connectivity index (χ3n) is 7.09. The van der Waals surface area contributed by atoms with Gasteiger partial charge in [0.2, 0.25) is 0 Å². The second-order valence-electron chi connectivity index (χ2n) is 9.17. The van der Waals surface area contributed by atoms with Crippen LogP contribution in [0.1, 0.15) is 36.5 Å². The first-order chi connectivity index (χ1) is 14.9. The Morgan fingerprint density at radius 2 is 1.84 bits per heavy atom. The molecule has 4 rings (SSSR count). The average Bonchev–Trinajstić information content (AvgIpc) is 3.22. The molecule has 1 aromatic heterocycles. The largest absolute Gasteiger partial charge is 0.469 e. The highest BCUT2D eigenvalue weighted by atomic mass is 19.1. The van der Waals surface area contributed by atoms with Crippen molar-refractivity contribution >= 4 is 0 Å². The number of piperazine rings is 1. The van der Waals surface area contributed by atoms with Crippen LogP contribution in [0, 0.1) is 17.6 Å². The van der Waals surface area contributed by atoms with Gasteiger partial charge in [0.1, 0.15) is 17.4 Å². The first-order valence-electron chi connectivity index (χ1n) is 11.2. The summed E-state index contributed by atoms with van der Waals surface area (Å²) in [6.07, 6.45) is 3.87. The van der Waals surface area contributed by atoms with E-state index in [-0.39, 0.29) is 17.9 Å². The maximum Gasteiger partial charge on any atom is 0.129 e. The number of aliphatic hydroxyl groups is 1. The summed E-state index contributed by atoms with van der Waals surface area (Å²) in [6.45, 7) is 8.73. The van der Waals surface area contributed by atoms with E-state index in [0.717, 1.165) is 51.0 Å². The fraction of sp³-hybridized carbons (Fsp3) is 0.520. The molecule has 2 heterocycles. The van der Waals surface area contributed by atoms with Gasteiger partial charge in [-0.1, -0.05) is 18.2 Å². The molecule has 1 aromatic carbocycles. The number of benzene rings is 1. The molecule has 2 aromatic rings. The van der Waals surface area contributed by atoms with Crippen molar-refractivity contribution in [2.45, 2.75) is 37.2 Å². The lowest BCUT2D eigenvalue weighted by atomic mass is 9.69. The lowest BCUT2D eigenvalue weighted by molar-refractivity contribution is -0.0531. The Morgan fingerprint density at radius 3 is 2.48 bits per heavy atom. The smallest absolute Gasteiger partial charge is 0.129 e. The van der Waals surface area contributed by atoms with E-state index in [1.54, 1.807) is 12.3 Å². The topological polar surface area (TPSA) is 39.9 Å². The van der Waals surface area contributed by atoms with Crippen molar-refractivity contribution in [1.82, 2.24) is 9.80 Å². The molecule has 0 radical (unpaired) electrons. The molecule has 3 unspecified atom stereocenters. The normalized spacial score (nSPS) is 28.6. The van der Waals surface area contributed by atoms with E-state index in [4.69, 9.17) is 4.42 Å². The van der Waals surface area contributed by atoms with Crippen LogP contribution in [0.25, 0.3) is 0 Å². The minimum absolute atomic E-state index is 0.0698. The molecule has 3 atom stereocenters. The summed E-state index contributed by atoms with van der Waals surface area (Å²) in [6, 6.07) is 7.48. The Bertz CT molecular complexity index is 873. The van der Waals surface area contributed by atoms with E-state index in [1.807, 2.05) is 6.07 Å². The number of hydrogen-bond donors (Lipinski definition) is 1. The fourth-order valence-electron chi connectivity index (χ4n) is 5.28. The van der Waals surface area contributed by atoms with Crippen LogP contribution in [0.5, 0.6) is 0 Å². The predicted molar refractivity (Wildman–Crippen MR) is 117 cm³/mol. The summed E-state index contributed by atoms with van der Waals surface area (Å²) in [5.74, 6) is -1.32. The van der Waals surface area contributed by atoms with Gasteiger partial charge in [-0.3, -0.25) is 0 Å². The van der Waals surface area contributed by atoms with Gasteiger partial charge in [0.05, 0.1) is 17.8 Å². The number of rotatable bonds is 5. The molecule has 0 amide bonds. The first kappa shape index (κ1) is 22.2. The van der Waals surface area contributed by atoms with Crippen LogP contribution < -0.4 is 0 Å². The monoisotopic (exact) mass is 430 g/mol. The van der Waals surface area contributed by atoms with Crippen LogP contribution in [0.3, 0.4) is 0 Å². The van der Waals surface area contributed by atoms with E-state index in [1.165, 1.54) is 18.2 Å². The Hall–Kier alpha value is -2.02. The Labute approximate surface area is 183 Å². The molecule has 2 aliphatic rings. The molecule has 4 nitrogen and oxygen atoms in total. The standard InChI is InChI=1S/C25H32F2N2O2/c1-18-6-3-7-19(17-29-13-11-28(2)12-14-29)25(30,24(18)23-10-5-15-31-23)16-20-21(26)8-4-9-22(20)27/h4-5,8-10,15,19,24,30H,1,3,6-7,11-14,16-17H2,2H3. The van der Waals surface area contributed by atoms with Crippen molar-refractivity contribution in [3.8, 4) is 0 Å². The fourth-order valence-corrected chi connectivity index (χ4v) is 5.28. The zero-order valence-electron chi connectivity index (χ0n) is 18.2. The van der Waals surface area contributed by atoms with Crippen LogP contribution in [-0.4, -0.2) is 60.3 Å². The van der Waals surface area contributed by atoms with Crippen molar-refractivity contribution in [2.75, 3.05) is 39.8 Å². The Morgan fingerprint density at radius 1 is 1.13 bits per heavy atom. The number of hydrogen-bond acceptors (Lipinski definition) is 4. The van der Waals surface area contributed by atoms with Crippen molar-refractivity contribution in [2.24, 2.45) is 5.92 Å². The zero-order valence-corrected chi connectivity index (χ0v) is 18.2. The predicted octanol–water partition coefficient (Wildman–Crippen LogP) is 4.22. The van der Waals surface area contributed by atoms with Crippen molar-refractivity contribution < 1.29 is 18.3 Å². The van der Waals surface area contributed by atoms with E-state index in [0.29, 0.717) is 12.3 Å². The maximum absolute atomic E-state index is 14.7. The highest BCUT2D eigenvalue weighted by Gasteiger charge is 2.49. The van der Waals surface area contributed by atoms with E-state index in [2.05, 4.69) is 23.4 Å². The van der Waals surface area contributed by atoms with Crippen molar-refractivity contribution in [1.29, 1.82) is 0 Å². The molecule has 0 spiro atoms. The van der Waals surface area contributed by atoms with Crippen molar-refractivity contribution in [3.05, 3.63) is 71.7 Å². The number of halogens is 2. The van der Waals surface area contributed by atoms with Gasteiger partial charge >= 0.3 is 0 Å². The molecule has 1 saturated heterocycles. The summed E-state index contributed by atoms with van der Waals surface area (Å²) in [5.41, 5.74) is -0.618. The van der Waals surface area contributed by atoms with Gasteiger partial charge in [-0.05, 0) is 50.6 Å². The molecular weight excluding hydrogens is 398 g/mol. The van der Waals surface area contributed by atoms with Gasteiger partial charge in [-0.15, -0.1) is 0 Å². The summed E-state index contributed by atoms with van der Waals surface area (Å²) < 4.78 is 35.0. The average molecular weight is 431 g/mol. The Kier molecular flexibility index (Phi) is 6.60. The number of likely N-dealkylation sites (N-methyl/N-ethyl adjacent to an activating group) is 1. The number of furan rings is 1. The quantitative estimate of drug-likeness (QED) is 0.570. The molecule has 1 aliphatic heterocycles. The second-order valence-corrected chi connectivity index (χ2v) is 9.17. The molecule has 1 aliphatic carbocycles. The lowest BCUT2D eigenvalue weighted by Gasteiger charge is -2.44. The molecule has 1 N–H and O–H groups in total. The summed E-state index contributed by atoms with van der Waals surface area (Å²) in [4.78, 5) is 4.65. The molecular formula is C25H32F2N2O2. The molecule has 168 valence electrons. The van der Waals surface area contributed by atoms with Gasteiger partial charge < -0.3 is 19.3 Å². The highest BCUT2D eigenvalue weighted by molar-refractivity contribution is 5.31. The van der Waals surface area contributed by atoms with Gasteiger partial charge in [-0.25, -0.2) is 8.78 Å². The third kappa shape index (κ3) is 4.61. The number of nitrogens with zero attached hydrogens (tertiary/aromatic N) is 2. The van der Waals surface area contributed by atoms with Gasteiger partial charge in [0, 0.05) is 50.6 Å². The van der Waals surface area contributed by atoms with E-state index >= 15 is 0 Å². The summed E-state index contributed by atoms with van der Waals surface area (Å²) in [5, 5.41) is 12.3. The molecule has 0 bridgehead atoms. The van der Waals surface area contributed by atoms with Crippen LogP contribution in [-0.2, 0) is 6.42 Å². The van der Waals surface area contributed by atoms with E-state index < -0.39 is 23.2 Å². The van der Waals surface area contributed by atoms with Crippen LogP contribution in [0.2, 0.25) is 0 Å².